The van der Waals surface area contributed by atoms with Gasteiger partial charge in [-0.15, -0.1) is 0 Å². The fourth-order valence-corrected chi connectivity index (χ4v) is 4.45. The molecule has 0 radical (unpaired) electrons. The zero-order chi connectivity index (χ0) is 13.8. The molecule has 1 rings (SSSR count). The van der Waals surface area contributed by atoms with Crippen molar-refractivity contribution in [3.63, 3.8) is 0 Å². The third kappa shape index (κ3) is 5.76. The van der Waals surface area contributed by atoms with Gasteiger partial charge in [-0.2, -0.15) is 0 Å². The lowest BCUT2D eigenvalue weighted by Gasteiger charge is -2.27. The van der Waals surface area contributed by atoms with Crippen molar-refractivity contribution >= 4 is 25.8 Å². The topological polar surface area (TPSA) is 113 Å². The molecule has 1 amide bonds. The van der Waals surface area contributed by atoms with Crippen LogP contribution >= 0.6 is 0 Å². The average molecular weight is 299 g/mol. The summed E-state index contributed by atoms with van der Waals surface area (Å²) in [7, 11) is -7.61. The van der Waals surface area contributed by atoms with Crippen LogP contribution in [0.3, 0.4) is 0 Å². The number of sulfonamides is 1. The van der Waals surface area contributed by atoms with Crippen molar-refractivity contribution < 1.29 is 21.6 Å². The van der Waals surface area contributed by atoms with E-state index in [0.29, 0.717) is 26.2 Å². The van der Waals surface area contributed by atoms with Crippen molar-refractivity contribution in [1.82, 2.24) is 14.9 Å². The van der Waals surface area contributed by atoms with Crippen LogP contribution in [-0.4, -0.2) is 71.7 Å². The Bertz CT molecular complexity index is 493. The number of sulfone groups is 1. The van der Waals surface area contributed by atoms with Crippen molar-refractivity contribution in [3.05, 3.63) is 0 Å². The van der Waals surface area contributed by atoms with Gasteiger partial charge in [-0.3, -0.25) is 4.79 Å². The lowest BCUT2D eigenvalue weighted by Crippen LogP contribution is -2.49. The van der Waals surface area contributed by atoms with Gasteiger partial charge < -0.3 is 10.2 Å². The molecule has 0 bridgehead atoms. The van der Waals surface area contributed by atoms with E-state index in [4.69, 9.17) is 0 Å². The van der Waals surface area contributed by atoms with E-state index in [1.165, 1.54) is 4.90 Å². The smallest absolute Gasteiger partial charge is 0.237 e. The first-order valence-corrected chi connectivity index (χ1v) is 9.04. The molecule has 0 unspecified atom stereocenters. The Kier molecular flexibility index (Phi) is 5.08. The first kappa shape index (κ1) is 15.3. The highest BCUT2D eigenvalue weighted by molar-refractivity contribution is 8.06. The van der Waals surface area contributed by atoms with E-state index in [-0.39, 0.29) is 5.91 Å². The lowest BCUT2D eigenvalue weighted by molar-refractivity contribution is -0.130. The van der Waals surface area contributed by atoms with Gasteiger partial charge >= 0.3 is 0 Å². The van der Waals surface area contributed by atoms with Crippen LogP contribution in [0.15, 0.2) is 0 Å². The fraction of sp³-hybridized carbons (Fsp3) is 0.875. The van der Waals surface area contributed by atoms with Crippen LogP contribution < -0.4 is 10.0 Å². The fourth-order valence-electron chi connectivity index (χ4n) is 1.52. The summed E-state index contributed by atoms with van der Waals surface area (Å²) >= 11 is 0. The van der Waals surface area contributed by atoms with E-state index in [9.17, 15) is 21.6 Å². The van der Waals surface area contributed by atoms with Gasteiger partial charge in [0.2, 0.25) is 15.9 Å². The zero-order valence-corrected chi connectivity index (χ0v) is 11.7. The van der Waals surface area contributed by atoms with E-state index >= 15 is 0 Å². The summed E-state index contributed by atoms with van der Waals surface area (Å²) in [5.74, 6) is -0.353. The van der Waals surface area contributed by atoms with Gasteiger partial charge in [-0.1, -0.05) is 0 Å². The highest BCUT2D eigenvalue weighted by Gasteiger charge is 2.21. The van der Waals surface area contributed by atoms with E-state index in [1.54, 1.807) is 0 Å². The molecule has 0 aromatic heterocycles. The van der Waals surface area contributed by atoms with Gasteiger partial charge in [-0.25, -0.2) is 21.6 Å². The second kappa shape index (κ2) is 5.95. The molecule has 2 N–H and O–H groups in total. The van der Waals surface area contributed by atoms with Crippen LogP contribution in [0.2, 0.25) is 0 Å². The highest BCUT2D eigenvalue weighted by Crippen LogP contribution is 1.95. The Morgan fingerprint density at radius 2 is 1.78 bits per heavy atom. The molecule has 1 heterocycles. The number of rotatable bonds is 5. The Morgan fingerprint density at radius 3 is 2.28 bits per heavy atom. The standard InChI is InChI=1S/C8H17N3O5S2/c1-17(13,14)7-18(15,16)10-6-8(12)11-4-2-9-3-5-11/h9-10H,2-7H2,1H3. The molecule has 1 aliphatic rings. The van der Waals surface area contributed by atoms with Crippen molar-refractivity contribution in [1.29, 1.82) is 0 Å². The predicted molar refractivity (Wildman–Crippen MR) is 66.1 cm³/mol. The zero-order valence-electron chi connectivity index (χ0n) is 10.0. The van der Waals surface area contributed by atoms with Crippen molar-refractivity contribution in [2.24, 2.45) is 0 Å². The molecular weight excluding hydrogens is 282 g/mol. The molecule has 106 valence electrons. The normalized spacial score (nSPS) is 17.7. The molecule has 0 aromatic rings. The first-order chi connectivity index (χ1) is 8.20. The minimum absolute atomic E-state index is 0.353. The summed E-state index contributed by atoms with van der Waals surface area (Å²) < 4.78 is 46.5. The van der Waals surface area contributed by atoms with Gasteiger partial charge in [0, 0.05) is 32.4 Å². The van der Waals surface area contributed by atoms with E-state index < -0.39 is 31.5 Å². The van der Waals surface area contributed by atoms with E-state index in [1.807, 2.05) is 4.72 Å². The summed E-state index contributed by atoms with van der Waals surface area (Å²) in [5.41, 5.74) is 0. The number of nitrogens with one attached hydrogen (secondary N) is 2. The summed E-state index contributed by atoms with van der Waals surface area (Å²) in [6.45, 7) is 1.97. The molecule has 0 aromatic carbocycles. The van der Waals surface area contributed by atoms with Crippen molar-refractivity contribution in [3.8, 4) is 0 Å². The van der Waals surface area contributed by atoms with Gasteiger partial charge in [0.15, 0.2) is 14.9 Å². The number of nitrogens with zero attached hydrogens (tertiary/aromatic N) is 1. The second-order valence-corrected chi connectivity index (χ2v) is 8.42. The minimum Gasteiger partial charge on any atom is -0.339 e. The monoisotopic (exact) mass is 299 g/mol. The summed E-state index contributed by atoms with van der Waals surface area (Å²) in [6, 6.07) is 0. The molecule has 1 saturated heterocycles. The van der Waals surface area contributed by atoms with E-state index in [0.717, 1.165) is 6.26 Å². The molecule has 0 atom stereocenters. The summed E-state index contributed by atoms with van der Waals surface area (Å²) in [5, 5.41) is 2.06. The molecule has 0 spiro atoms. The summed E-state index contributed by atoms with van der Waals surface area (Å²) in [6.07, 6.45) is 0.824. The maximum Gasteiger partial charge on any atom is 0.237 e. The highest BCUT2D eigenvalue weighted by atomic mass is 32.3. The second-order valence-electron chi connectivity index (χ2n) is 4.11. The van der Waals surface area contributed by atoms with Gasteiger partial charge in [0.05, 0.1) is 6.54 Å². The number of hydrogen-bond donors (Lipinski definition) is 2. The van der Waals surface area contributed by atoms with E-state index in [2.05, 4.69) is 5.32 Å². The Labute approximate surface area is 107 Å². The molecule has 1 aliphatic heterocycles. The van der Waals surface area contributed by atoms with Crippen molar-refractivity contribution in [2.75, 3.05) is 44.1 Å². The number of hydrogen-bond acceptors (Lipinski definition) is 6. The van der Waals surface area contributed by atoms with Crippen LogP contribution in [0.5, 0.6) is 0 Å². The third-order valence-electron chi connectivity index (χ3n) is 2.28. The maximum atomic E-state index is 11.6. The molecule has 10 heteroatoms. The van der Waals surface area contributed by atoms with Gasteiger partial charge in [0.25, 0.3) is 0 Å². The van der Waals surface area contributed by atoms with Crippen LogP contribution in [0.25, 0.3) is 0 Å². The quantitative estimate of drug-likeness (QED) is 0.573. The number of amides is 1. The van der Waals surface area contributed by atoms with Crippen LogP contribution in [0.4, 0.5) is 0 Å². The van der Waals surface area contributed by atoms with Gasteiger partial charge in [0.1, 0.15) is 0 Å². The van der Waals surface area contributed by atoms with Crippen LogP contribution in [0, 0.1) is 0 Å². The van der Waals surface area contributed by atoms with Crippen molar-refractivity contribution in [2.45, 2.75) is 0 Å². The Hall–Kier alpha value is -0.710. The maximum absolute atomic E-state index is 11.6. The average Bonchev–Trinajstić information content (AvgIpc) is 2.24. The Morgan fingerprint density at radius 1 is 1.22 bits per heavy atom. The molecule has 18 heavy (non-hydrogen) atoms. The van der Waals surface area contributed by atoms with Crippen LogP contribution in [-0.2, 0) is 24.7 Å². The number of carbonyl (C=O) groups is 1. The van der Waals surface area contributed by atoms with Crippen LogP contribution in [0.1, 0.15) is 0 Å². The largest absolute Gasteiger partial charge is 0.339 e. The first-order valence-electron chi connectivity index (χ1n) is 5.33. The predicted octanol–water partition coefficient (Wildman–Crippen LogP) is -2.66. The van der Waals surface area contributed by atoms with Gasteiger partial charge in [-0.05, 0) is 0 Å². The Balaban J connectivity index is 2.46. The molecule has 0 aliphatic carbocycles. The SMILES string of the molecule is CS(=O)(=O)CS(=O)(=O)NCC(=O)N1CCNCC1. The minimum atomic E-state index is -3.97. The third-order valence-corrected chi connectivity index (χ3v) is 5.82. The number of piperazine rings is 1. The molecule has 8 nitrogen and oxygen atoms in total. The summed E-state index contributed by atoms with van der Waals surface area (Å²) in [4.78, 5) is 13.2. The number of carbonyl (C=O) groups excluding carboxylic acids is 1. The lowest BCUT2D eigenvalue weighted by atomic mass is 10.3. The molecule has 1 fully saturated rings. The molecule has 0 saturated carbocycles. The molecular formula is C8H17N3O5S2.